The van der Waals surface area contributed by atoms with E-state index in [1.54, 1.807) is 6.26 Å². The number of anilines is 1. The Bertz CT molecular complexity index is 553. The Kier molecular flexibility index (Phi) is 5.55. The van der Waals surface area contributed by atoms with E-state index in [2.05, 4.69) is 43.0 Å². The minimum atomic E-state index is -0.102. The number of aliphatic hydroxyl groups is 1. The van der Waals surface area contributed by atoms with Gasteiger partial charge in [-0.05, 0) is 24.5 Å². The molecule has 0 aliphatic carbocycles. The van der Waals surface area contributed by atoms with Gasteiger partial charge < -0.3 is 14.8 Å². The smallest absolute Gasteiger partial charge is 0.133 e. The highest BCUT2D eigenvalue weighted by atomic mass is 16.3. The second kappa shape index (κ2) is 7.40. The van der Waals surface area contributed by atoms with E-state index in [-0.39, 0.29) is 18.6 Å². The van der Waals surface area contributed by atoms with Crippen LogP contribution in [-0.4, -0.2) is 21.7 Å². The molecule has 2 aromatic heterocycles. The van der Waals surface area contributed by atoms with Gasteiger partial charge in [0.05, 0.1) is 12.3 Å². The molecule has 0 spiro atoms. The summed E-state index contributed by atoms with van der Waals surface area (Å²) in [5, 5.41) is 12.7. The fraction of sp³-hybridized carbons (Fsp3) is 0.529. The Labute approximate surface area is 131 Å². The summed E-state index contributed by atoms with van der Waals surface area (Å²) in [5.41, 5.74) is 1.02. The van der Waals surface area contributed by atoms with E-state index in [1.807, 2.05) is 18.2 Å². The molecule has 2 N–H and O–H groups in total. The summed E-state index contributed by atoms with van der Waals surface area (Å²) in [7, 11) is 0. The van der Waals surface area contributed by atoms with E-state index in [1.165, 1.54) is 0 Å². The third-order valence-corrected chi connectivity index (χ3v) is 3.50. The van der Waals surface area contributed by atoms with Crippen LogP contribution in [0.3, 0.4) is 0 Å². The zero-order valence-electron chi connectivity index (χ0n) is 13.7. The molecule has 120 valence electrons. The van der Waals surface area contributed by atoms with E-state index in [0.717, 1.165) is 23.1 Å². The quantitative estimate of drug-likeness (QED) is 0.813. The van der Waals surface area contributed by atoms with Crippen LogP contribution in [0.15, 0.2) is 28.9 Å². The Hall–Kier alpha value is -1.88. The van der Waals surface area contributed by atoms with Crippen molar-refractivity contribution in [2.24, 2.45) is 0 Å². The highest BCUT2D eigenvalue weighted by molar-refractivity contribution is 5.39. The van der Waals surface area contributed by atoms with Crippen molar-refractivity contribution in [1.82, 2.24) is 9.97 Å². The minimum Gasteiger partial charge on any atom is -0.467 e. The second-order valence-electron chi connectivity index (χ2n) is 6.07. The summed E-state index contributed by atoms with van der Waals surface area (Å²) in [6.07, 6.45) is 2.20. The van der Waals surface area contributed by atoms with Crippen LogP contribution in [-0.2, 0) is 0 Å². The monoisotopic (exact) mass is 303 g/mol. The van der Waals surface area contributed by atoms with Crippen molar-refractivity contribution in [3.8, 4) is 0 Å². The van der Waals surface area contributed by atoms with E-state index in [9.17, 15) is 5.11 Å². The van der Waals surface area contributed by atoms with Gasteiger partial charge in [0.15, 0.2) is 0 Å². The average molecular weight is 303 g/mol. The fourth-order valence-corrected chi connectivity index (χ4v) is 2.20. The molecule has 1 unspecified atom stereocenters. The van der Waals surface area contributed by atoms with Gasteiger partial charge in [-0.25, -0.2) is 9.97 Å². The van der Waals surface area contributed by atoms with Crippen LogP contribution in [0.2, 0.25) is 0 Å². The fourth-order valence-electron chi connectivity index (χ4n) is 2.20. The first-order valence-corrected chi connectivity index (χ1v) is 7.81. The Morgan fingerprint density at radius 2 is 1.95 bits per heavy atom. The average Bonchev–Trinajstić information content (AvgIpc) is 3.00. The predicted octanol–water partition coefficient (Wildman–Crippen LogP) is 3.85. The number of nitrogens with one attached hydrogen (secondary N) is 1. The van der Waals surface area contributed by atoms with Gasteiger partial charge in [0.1, 0.15) is 17.4 Å². The summed E-state index contributed by atoms with van der Waals surface area (Å²) in [6, 6.07) is 5.63. The van der Waals surface area contributed by atoms with Gasteiger partial charge in [0.25, 0.3) is 0 Å². The number of aromatic nitrogens is 2. The Morgan fingerprint density at radius 3 is 2.50 bits per heavy atom. The van der Waals surface area contributed by atoms with Crippen molar-refractivity contribution in [2.75, 3.05) is 11.9 Å². The molecule has 2 rings (SSSR count). The van der Waals surface area contributed by atoms with Gasteiger partial charge in [-0.2, -0.15) is 0 Å². The van der Waals surface area contributed by atoms with E-state index in [4.69, 9.17) is 4.42 Å². The zero-order valence-corrected chi connectivity index (χ0v) is 13.7. The molecule has 0 radical (unpaired) electrons. The highest BCUT2D eigenvalue weighted by Crippen LogP contribution is 2.25. The van der Waals surface area contributed by atoms with Gasteiger partial charge >= 0.3 is 0 Å². The molecule has 5 nitrogen and oxygen atoms in total. The SMILES string of the molecule is CC(C)c1cc(NC(CCO)c2ccco2)nc(C(C)C)n1. The third kappa shape index (κ3) is 4.07. The summed E-state index contributed by atoms with van der Waals surface area (Å²) < 4.78 is 5.46. The number of hydrogen-bond acceptors (Lipinski definition) is 5. The minimum absolute atomic E-state index is 0.0809. The first-order valence-electron chi connectivity index (χ1n) is 7.81. The molecule has 2 heterocycles. The van der Waals surface area contributed by atoms with Gasteiger partial charge in [-0.3, -0.25) is 0 Å². The summed E-state index contributed by atoms with van der Waals surface area (Å²) in [4.78, 5) is 9.23. The van der Waals surface area contributed by atoms with Crippen molar-refractivity contribution in [1.29, 1.82) is 0 Å². The molecular formula is C17H25N3O2. The van der Waals surface area contributed by atoms with Crippen LogP contribution in [0.4, 0.5) is 5.82 Å². The Morgan fingerprint density at radius 1 is 1.18 bits per heavy atom. The van der Waals surface area contributed by atoms with E-state index >= 15 is 0 Å². The first-order chi connectivity index (χ1) is 10.5. The number of hydrogen-bond donors (Lipinski definition) is 2. The molecule has 22 heavy (non-hydrogen) atoms. The largest absolute Gasteiger partial charge is 0.467 e. The molecule has 0 amide bonds. The van der Waals surface area contributed by atoms with Crippen molar-refractivity contribution in [2.45, 2.75) is 52.0 Å². The zero-order chi connectivity index (χ0) is 16.1. The van der Waals surface area contributed by atoms with Crippen molar-refractivity contribution >= 4 is 5.82 Å². The maximum atomic E-state index is 9.28. The maximum absolute atomic E-state index is 9.28. The molecule has 0 saturated heterocycles. The molecule has 0 bridgehead atoms. The summed E-state index contributed by atoms with van der Waals surface area (Å²) in [5.74, 6) is 3.00. The van der Waals surface area contributed by atoms with Crippen molar-refractivity contribution < 1.29 is 9.52 Å². The van der Waals surface area contributed by atoms with Crippen molar-refractivity contribution in [3.05, 3.63) is 41.7 Å². The summed E-state index contributed by atoms with van der Waals surface area (Å²) >= 11 is 0. The molecule has 5 heteroatoms. The van der Waals surface area contributed by atoms with Crippen LogP contribution in [0, 0.1) is 0 Å². The summed E-state index contributed by atoms with van der Waals surface area (Å²) in [6.45, 7) is 8.49. The first kappa shape index (κ1) is 16.5. The normalized spacial score (nSPS) is 12.9. The van der Waals surface area contributed by atoms with Crippen LogP contribution >= 0.6 is 0 Å². The van der Waals surface area contributed by atoms with Crippen LogP contribution < -0.4 is 5.32 Å². The van der Waals surface area contributed by atoms with Gasteiger partial charge in [0, 0.05) is 24.3 Å². The van der Waals surface area contributed by atoms with Crippen LogP contribution in [0.1, 0.15) is 69.3 Å². The topological polar surface area (TPSA) is 71.2 Å². The van der Waals surface area contributed by atoms with Crippen molar-refractivity contribution in [3.63, 3.8) is 0 Å². The van der Waals surface area contributed by atoms with E-state index in [0.29, 0.717) is 12.3 Å². The highest BCUT2D eigenvalue weighted by Gasteiger charge is 2.17. The molecule has 0 aromatic carbocycles. The molecule has 0 fully saturated rings. The lowest BCUT2D eigenvalue weighted by Gasteiger charge is -2.18. The lowest BCUT2D eigenvalue weighted by Crippen LogP contribution is -2.15. The number of nitrogens with zero attached hydrogens (tertiary/aromatic N) is 2. The molecule has 0 aliphatic heterocycles. The molecular weight excluding hydrogens is 278 g/mol. The Balaban J connectivity index is 2.29. The standard InChI is InChI=1S/C17H25N3O2/c1-11(2)14-10-16(20-17(19-14)12(3)4)18-13(7-8-21)15-6-5-9-22-15/h5-6,9-13,21H,7-8H2,1-4H3,(H,18,19,20). The lowest BCUT2D eigenvalue weighted by atomic mass is 10.1. The van der Waals surface area contributed by atoms with Crippen LogP contribution in [0.25, 0.3) is 0 Å². The number of aliphatic hydroxyl groups excluding tert-OH is 1. The second-order valence-corrected chi connectivity index (χ2v) is 6.07. The number of furan rings is 1. The number of rotatable bonds is 7. The predicted molar refractivity (Wildman–Crippen MR) is 87.0 cm³/mol. The lowest BCUT2D eigenvalue weighted by molar-refractivity contribution is 0.273. The van der Waals surface area contributed by atoms with E-state index < -0.39 is 0 Å². The molecule has 0 aliphatic rings. The van der Waals surface area contributed by atoms with Gasteiger partial charge in [0.2, 0.25) is 0 Å². The third-order valence-electron chi connectivity index (χ3n) is 3.50. The van der Waals surface area contributed by atoms with Gasteiger partial charge in [-0.1, -0.05) is 27.7 Å². The van der Waals surface area contributed by atoms with Crippen LogP contribution in [0.5, 0.6) is 0 Å². The maximum Gasteiger partial charge on any atom is 0.133 e. The molecule has 2 aromatic rings. The van der Waals surface area contributed by atoms with Gasteiger partial charge in [-0.15, -0.1) is 0 Å². The molecule has 0 saturated carbocycles. The molecule has 1 atom stereocenters.